The molecule has 2 rings (SSSR count). The first-order valence-electron chi connectivity index (χ1n) is 5.45. The maximum Gasteiger partial charge on any atom is 0.106 e. The Bertz CT molecular complexity index is 522. The topological polar surface area (TPSA) is 83.8 Å². The number of nitrogens with two attached hydrogens (primary N) is 1. The molecule has 0 fully saturated rings. The van der Waals surface area contributed by atoms with Crippen molar-refractivity contribution < 1.29 is 4.74 Å². The Morgan fingerprint density at radius 3 is 2.94 bits per heavy atom. The zero-order valence-corrected chi connectivity index (χ0v) is 11.0. The van der Waals surface area contributed by atoms with E-state index in [0.717, 1.165) is 0 Å². The molecular formula is C10H15ClN6O. The van der Waals surface area contributed by atoms with Crippen LogP contribution < -0.4 is 5.73 Å². The zero-order valence-electron chi connectivity index (χ0n) is 10.2. The van der Waals surface area contributed by atoms with Crippen molar-refractivity contribution in [1.29, 1.82) is 0 Å². The third-order valence-corrected chi connectivity index (χ3v) is 2.87. The SMILES string of the molecule is COCCn1ncc(Cl)c1C(N)c1cn(C)nn1. The molecule has 0 bridgehead atoms. The number of nitrogens with zero attached hydrogens (tertiary/aromatic N) is 5. The van der Waals surface area contributed by atoms with Gasteiger partial charge in [0.15, 0.2) is 0 Å². The summed E-state index contributed by atoms with van der Waals surface area (Å²) in [5.41, 5.74) is 7.51. The van der Waals surface area contributed by atoms with Crippen molar-refractivity contribution >= 4 is 11.6 Å². The number of hydrogen-bond donors (Lipinski definition) is 1. The summed E-state index contributed by atoms with van der Waals surface area (Å²) in [6.45, 7) is 1.13. The molecule has 7 nitrogen and oxygen atoms in total. The highest BCUT2D eigenvalue weighted by molar-refractivity contribution is 6.31. The molecule has 0 aromatic carbocycles. The van der Waals surface area contributed by atoms with Gasteiger partial charge >= 0.3 is 0 Å². The second-order valence-electron chi connectivity index (χ2n) is 3.89. The minimum Gasteiger partial charge on any atom is -0.383 e. The van der Waals surface area contributed by atoms with Crippen LogP contribution in [0.25, 0.3) is 0 Å². The van der Waals surface area contributed by atoms with Crippen molar-refractivity contribution in [2.24, 2.45) is 12.8 Å². The van der Waals surface area contributed by atoms with Crippen molar-refractivity contribution in [3.8, 4) is 0 Å². The van der Waals surface area contributed by atoms with Crippen molar-refractivity contribution in [3.05, 3.63) is 28.8 Å². The van der Waals surface area contributed by atoms with Crippen molar-refractivity contribution in [3.63, 3.8) is 0 Å². The number of aryl methyl sites for hydroxylation is 1. The first-order valence-corrected chi connectivity index (χ1v) is 5.83. The van der Waals surface area contributed by atoms with E-state index in [0.29, 0.717) is 29.6 Å². The molecule has 0 spiro atoms. The lowest BCUT2D eigenvalue weighted by atomic mass is 10.1. The fourth-order valence-corrected chi connectivity index (χ4v) is 1.94. The van der Waals surface area contributed by atoms with E-state index < -0.39 is 6.04 Å². The summed E-state index contributed by atoms with van der Waals surface area (Å²) in [4.78, 5) is 0. The van der Waals surface area contributed by atoms with Crippen LogP contribution in [-0.2, 0) is 18.3 Å². The van der Waals surface area contributed by atoms with Gasteiger partial charge in [-0.3, -0.25) is 9.36 Å². The molecule has 0 saturated heterocycles. The minimum atomic E-state index is -0.453. The van der Waals surface area contributed by atoms with Crippen molar-refractivity contribution in [2.45, 2.75) is 12.6 Å². The Labute approximate surface area is 109 Å². The number of halogens is 1. The summed E-state index contributed by atoms with van der Waals surface area (Å²) < 4.78 is 8.35. The molecule has 1 unspecified atom stereocenters. The predicted octanol–water partition coefficient (Wildman–Crippen LogP) is 0.359. The lowest BCUT2D eigenvalue weighted by Crippen LogP contribution is -2.19. The Morgan fingerprint density at radius 1 is 1.56 bits per heavy atom. The smallest absolute Gasteiger partial charge is 0.106 e. The molecule has 0 saturated carbocycles. The summed E-state index contributed by atoms with van der Waals surface area (Å²) in [6.07, 6.45) is 3.33. The molecule has 2 aromatic heterocycles. The molecule has 8 heteroatoms. The lowest BCUT2D eigenvalue weighted by Gasteiger charge is -2.12. The standard InChI is InChI=1S/C10H15ClN6O/c1-16-6-8(14-15-16)9(12)10-7(11)5-13-17(10)3-4-18-2/h5-6,9H,3-4,12H2,1-2H3. The fraction of sp³-hybridized carbons (Fsp3) is 0.500. The van der Waals surface area contributed by atoms with Gasteiger partial charge < -0.3 is 10.5 Å². The van der Waals surface area contributed by atoms with Crippen LogP contribution in [0.3, 0.4) is 0 Å². The number of methoxy groups -OCH3 is 1. The van der Waals surface area contributed by atoms with Crippen LogP contribution in [-0.4, -0.2) is 38.5 Å². The summed E-state index contributed by atoms with van der Waals surface area (Å²) in [5, 5.41) is 12.5. The molecule has 18 heavy (non-hydrogen) atoms. The zero-order chi connectivity index (χ0) is 13.1. The molecule has 1 atom stereocenters. The van der Waals surface area contributed by atoms with E-state index in [1.165, 1.54) is 0 Å². The maximum atomic E-state index is 6.15. The molecule has 2 heterocycles. The van der Waals surface area contributed by atoms with E-state index in [2.05, 4.69) is 15.4 Å². The van der Waals surface area contributed by atoms with Gasteiger partial charge in [0.1, 0.15) is 5.69 Å². The van der Waals surface area contributed by atoms with Gasteiger partial charge in [0, 0.05) is 14.2 Å². The Morgan fingerprint density at radius 2 is 2.33 bits per heavy atom. The number of hydrogen-bond acceptors (Lipinski definition) is 5. The highest BCUT2D eigenvalue weighted by Crippen LogP contribution is 2.24. The summed E-state index contributed by atoms with van der Waals surface area (Å²) >= 11 is 6.12. The van der Waals surface area contributed by atoms with Crippen LogP contribution in [0.4, 0.5) is 0 Å². The van der Waals surface area contributed by atoms with Gasteiger partial charge in [-0.2, -0.15) is 5.10 Å². The highest BCUT2D eigenvalue weighted by atomic mass is 35.5. The van der Waals surface area contributed by atoms with Gasteiger partial charge in [-0.1, -0.05) is 16.8 Å². The summed E-state index contributed by atoms with van der Waals surface area (Å²) in [6, 6.07) is -0.453. The molecular weight excluding hydrogens is 256 g/mol. The first-order chi connectivity index (χ1) is 8.63. The number of ether oxygens (including phenoxy) is 1. The van der Waals surface area contributed by atoms with Gasteiger partial charge in [0.2, 0.25) is 0 Å². The van der Waals surface area contributed by atoms with E-state index in [4.69, 9.17) is 22.1 Å². The number of aromatic nitrogens is 5. The second-order valence-corrected chi connectivity index (χ2v) is 4.30. The lowest BCUT2D eigenvalue weighted by molar-refractivity contribution is 0.182. The molecule has 0 amide bonds. The normalized spacial score (nSPS) is 12.9. The van der Waals surface area contributed by atoms with Crippen LogP contribution in [0.2, 0.25) is 5.02 Å². The van der Waals surface area contributed by atoms with Crippen molar-refractivity contribution in [1.82, 2.24) is 24.8 Å². The van der Waals surface area contributed by atoms with Gasteiger partial charge in [-0.05, 0) is 0 Å². The van der Waals surface area contributed by atoms with Gasteiger partial charge in [-0.25, -0.2) is 0 Å². The van der Waals surface area contributed by atoms with Crippen LogP contribution in [0.15, 0.2) is 12.4 Å². The van der Waals surface area contributed by atoms with E-state index in [1.54, 1.807) is 35.9 Å². The Hall–Kier alpha value is -1.44. The van der Waals surface area contributed by atoms with E-state index in [-0.39, 0.29) is 0 Å². The van der Waals surface area contributed by atoms with E-state index >= 15 is 0 Å². The molecule has 2 aromatic rings. The van der Waals surface area contributed by atoms with Crippen LogP contribution in [0.1, 0.15) is 17.4 Å². The average molecular weight is 271 g/mol. The minimum absolute atomic E-state index is 0.453. The molecule has 0 aliphatic rings. The quantitative estimate of drug-likeness (QED) is 0.848. The van der Waals surface area contributed by atoms with Crippen LogP contribution in [0, 0.1) is 0 Å². The van der Waals surface area contributed by atoms with Crippen LogP contribution >= 0.6 is 11.6 Å². The molecule has 0 aliphatic carbocycles. The molecule has 0 aliphatic heterocycles. The predicted molar refractivity (Wildman–Crippen MR) is 66.1 cm³/mol. The van der Waals surface area contributed by atoms with Crippen LogP contribution in [0.5, 0.6) is 0 Å². The maximum absolute atomic E-state index is 6.15. The fourth-order valence-electron chi connectivity index (χ4n) is 1.68. The third-order valence-electron chi connectivity index (χ3n) is 2.57. The molecule has 2 N–H and O–H groups in total. The van der Waals surface area contributed by atoms with Gasteiger partial charge in [-0.15, -0.1) is 5.10 Å². The van der Waals surface area contributed by atoms with Crippen molar-refractivity contribution in [2.75, 3.05) is 13.7 Å². The number of rotatable bonds is 5. The first kappa shape index (κ1) is 13.0. The molecule has 0 radical (unpaired) electrons. The van der Waals surface area contributed by atoms with E-state index in [1.807, 2.05) is 0 Å². The monoisotopic (exact) mass is 270 g/mol. The van der Waals surface area contributed by atoms with Gasteiger partial charge in [0.25, 0.3) is 0 Å². The molecule has 98 valence electrons. The summed E-state index contributed by atoms with van der Waals surface area (Å²) in [5.74, 6) is 0. The largest absolute Gasteiger partial charge is 0.383 e. The Balaban J connectivity index is 2.28. The van der Waals surface area contributed by atoms with Gasteiger partial charge in [0.05, 0.1) is 42.3 Å². The Kier molecular flexibility index (Phi) is 3.95. The second kappa shape index (κ2) is 5.47. The van der Waals surface area contributed by atoms with E-state index in [9.17, 15) is 0 Å². The third kappa shape index (κ3) is 2.53. The summed E-state index contributed by atoms with van der Waals surface area (Å²) in [7, 11) is 3.42. The highest BCUT2D eigenvalue weighted by Gasteiger charge is 2.20. The average Bonchev–Trinajstić information content (AvgIpc) is 2.92.